The minimum Gasteiger partial charge on any atom is -0.386 e. The Balaban J connectivity index is 3.38. The predicted octanol–water partition coefficient (Wildman–Crippen LogP) is 4.53. The molecule has 0 aromatic carbocycles. The lowest BCUT2D eigenvalue weighted by molar-refractivity contribution is 0.261. The zero-order valence-electron chi connectivity index (χ0n) is 20.4. The lowest BCUT2D eigenvalue weighted by Crippen LogP contribution is -2.22. The second kappa shape index (κ2) is 31.4. The fourth-order valence-electron chi connectivity index (χ4n) is 1.79. The van der Waals surface area contributed by atoms with Crippen molar-refractivity contribution in [1.82, 2.24) is 5.32 Å². The van der Waals surface area contributed by atoms with Crippen LogP contribution in [0.2, 0.25) is 0 Å². The first-order chi connectivity index (χ1) is 17.6. The average Bonchev–Trinajstić information content (AvgIpc) is 2.87. The van der Waals surface area contributed by atoms with E-state index in [0.29, 0.717) is 23.9 Å². The second-order valence-electron chi connectivity index (χ2n) is 6.19. The Morgan fingerprint density at radius 3 is 2.19 bits per heavy atom. The molecule has 212 valence electrons. The number of aliphatic imine (C=N–C) groups is 2. The van der Waals surface area contributed by atoms with Gasteiger partial charge in [-0.05, 0) is 6.26 Å². The van der Waals surface area contributed by atoms with Crippen molar-refractivity contribution < 1.29 is 18.3 Å². The zero-order chi connectivity index (χ0) is 26.5. The van der Waals surface area contributed by atoms with Crippen LogP contribution < -0.4 is 5.32 Å². The van der Waals surface area contributed by atoms with Crippen molar-refractivity contribution in [3.05, 3.63) is 0 Å². The van der Waals surface area contributed by atoms with Gasteiger partial charge in [-0.1, -0.05) is 11.8 Å². The van der Waals surface area contributed by atoms with Gasteiger partial charge in [0.25, 0.3) is 5.24 Å². The van der Waals surface area contributed by atoms with Gasteiger partial charge in [0, 0.05) is 75.2 Å². The molecule has 0 aromatic heterocycles. The third-order valence-corrected chi connectivity index (χ3v) is 14.4. The Labute approximate surface area is 255 Å². The minimum absolute atomic E-state index is 0.0307. The van der Waals surface area contributed by atoms with Crippen LogP contribution in [0.1, 0.15) is 0 Å². The smallest absolute Gasteiger partial charge is 0.279 e. The summed E-state index contributed by atoms with van der Waals surface area (Å²) in [5.74, 6) is 6.04. The van der Waals surface area contributed by atoms with E-state index in [1.165, 1.54) is 40.8 Å². The van der Waals surface area contributed by atoms with Crippen molar-refractivity contribution in [2.75, 3.05) is 92.4 Å². The second-order valence-corrected chi connectivity index (χ2v) is 18.7. The van der Waals surface area contributed by atoms with E-state index in [-0.39, 0.29) is 11.2 Å². The summed E-state index contributed by atoms with van der Waals surface area (Å²) in [5, 5.41) is 14.8. The molecule has 17 heteroatoms. The van der Waals surface area contributed by atoms with E-state index in [0.717, 1.165) is 56.3 Å². The summed E-state index contributed by atoms with van der Waals surface area (Å²) in [6.07, 6.45) is 2.03. The number of aliphatic hydroxyl groups is 1. The number of nitrogens with one attached hydrogen (secondary N) is 1. The first-order valence-electron chi connectivity index (χ1n) is 10.8. The van der Waals surface area contributed by atoms with E-state index in [4.69, 9.17) is 5.11 Å². The summed E-state index contributed by atoms with van der Waals surface area (Å²) in [7, 11) is -2.01. The molecule has 1 amide bonds. The average molecular weight is 692 g/mol. The SMILES string of the molecule is CSCCN=CS(=O)CCSCSCCSC(=O)NCCSCSCCN=CS(=O)CSCSCO. The molecule has 2 atom stereocenters. The maximum absolute atomic E-state index is 11.9. The van der Waals surface area contributed by atoms with Gasteiger partial charge in [0.15, 0.2) is 0 Å². The molecule has 0 heterocycles. The molecule has 0 spiro atoms. The normalized spacial score (nSPS) is 13.5. The van der Waals surface area contributed by atoms with E-state index >= 15 is 0 Å². The van der Waals surface area contributed by atoms with Crippen LogP contribution in [0, 0.1) is 0 Å². The van der Waals surface area contributed by atoms with Crippen molar-refractivity contribution in [2.24, 2.45) is 9.98 Å². The number of carbonyl (C=O) groups excluding carboxylic acids is 1. The number of rotatable bonds is 26. The molecule has 0 fully saturated rings. The molecule has 7 nitrogen and oxygen atoms in total. The van der Waals surface area contributed by atoms with Crippen LogP contribution in [0.3, 0.4) is 0 Å². The fourth-order valence-corrected chi connectivity index (χ4v) is 10.9. The number of amides is 1. The van der Waals surface area contributed by atoms with Crippen molar-refractivity contribution in [3.63, 3.8) is 0 Å². The number of nitrogens with zero attached hydrogens (tertiary/aromatic N) is 2. The van der Waals surface area contributed by atoms with E-state index in [1.807, 2.05) is 6.26 Å². The first-order valence-corrected chi connectivity index (χ1v) is 22.9. The number of hydrogen-bond donors (Lipinski definition) is 2. The fraction of sp³-hybridized carbons (Fsp3) is 0.842. The molecule has 0 aliphatic heterocycles. The van der Waals surface area contributed by atoms with Gasteiger partial charge in [-0.2, -0.15) is 35.3 Å². The van der Waals surface area contributed by atoms with Crippen molar-refractivity contribution in [1.29, 1.82) is 0 Å². The highest BCUT2D eigenvalue weighted by molar-refractivity contribution is 8.22. The van der Waals surface area contributed by atoms with Gasteiger partial charge < -0.3 is 10.4 Å². The van der Waals surface area contributed by atoms with Crippen molar-refractivity contribution in [2.45, 2.75) is 0 Å². The van der Waals surface area contributed by atoms with Crippen LogP contribution in [0.5, 0.6) is 0 Å². The third kappa shape index (κ3) is 30.4. The molecular weight excluding hydrogens is 655 g/mol. The Morgan fingerprint density at radius 1 is 0.806 bits per heavy atom. The van der Waals surface area contributed by atoms with Gasteiger partial charge in [0.2, 0.25) is 0 Å². The summed E-state index contributed by atoms with van der Waals surface area (Å²) in [6, 6.07) is 0. The molecule has 0 aliphatic rings. The maximum atomic E-state index is 11.9. The van der Waals surface area contributed by atoms with Crippen molar-refractivity contribution in [3.8, 4) is 0 Å². The summed E-state index contributed by atoms with van der Waals surface area (Å²) >= 11 is 13.2. The van der Waals surface area contributed by atoms with E-state index in [9.17, 15) is 13.2 Å². The standard InChI is InChI=1S/C19H37N3O4S10/c1-27-5-2-20-12-35(25)11-10-31-16-30-8-9-34-19(24)22-4-7-29-15-28-6-3-21-13-36(26)18-33-17-32-14-23/h12-13,23H,2-11,14-18H2,1H3,(H,22,24). The van der Waals surface area contributed by atoms with E-state index in [2.05, 4.69) is 15.3 Å². The number of aliphatic hydroxyl groups excluding tert-OH is 1. The molecule has 0 radical (unpaired) electrons. The van der Waals surface area contributed by atoms with Gasteiger partial charge in [0.05, 0.1) is 43.7 Å². The highest BCUT2D eigenvalue weighted by Crippen LogP contribution is 2.15. The molecule has 0 aliphatic carbocycles. The predicted molar refractivity (Wildman–Crippen MR) is 184 cm³/mol. The van der Waals surface area contributed by atoms with Gasteiger partial charge >= 0.3 is 0 Å². The number of carbonyl (C=O) groups is 1. The summed E-state index contributed by atoms with van der Waals surface area (Å²) in [6.45, 7) is 2.06. The number of thioether (sulfide) groups is 8. The van der Waals surface area contributed by atoms with Crippen molar-refractivity contribution >= 4 is 132 Å². The highest BCUT2D eigenvalue weighted by Gasteiger charge is 2.02. The van der Waals surface area contributed by atoms with Gasteiger partial charge in [-0.15, -0.1) is 47.0 Å². The van der Waals surface area contributed by atoms with Gasteiger partial charge in [-0.3, -0.25) is 23.2 Å². The van der Waals surface area contributed by atoms with E-state index in [1.54, 1.807) is 64.4 Å². The molecule has 36 heavy (non-hydrogen) atoms. The molecule has 2 N–H and O–H groups in total. The minimum atomic E-state index is -1.05. The Morgan fingerprint density at radius 2 is 1.44 bits per heavy atom. The number of hydrogen-bond acceptors (Lipinski definition) is 14. The quantitative estimate of drug-likeness (QED) is 0.0576. The Hall–Kier alpha value is 1.87. The highest BCUT2D eigenvalue weighted by atomic mass is 32.2. The monoisotopic (exact) mass is 691 g/mol. The molecular formula is C19H37N3O4S10. The first kappa shape index (κ1) is 37.9. The molecule has 0 bridgehead atoms. The molecule has 2 unspecified atom stereocenters. The Kier molecular flexibility index (Phi) is 33.0. The van der Waals surface area contributed by atoms with Gasteiger partial charge in [0.1, 0.15) is 0 Å². The molecule has 0 saturated carbocycles. The maximum Gasteiger partial charge on any atom is 0.279 e. The lowest BCUT2D eigenvalue weighted by Gasteiger charge is -2.05. The van der Waals surface area contributed by atoms with Crippen LogP contribution in [0.25, 0.3) is 0 Å². The topological polar surface area (TPSA) is 108 Å². The van der Waals surface area contributed by atoms with Crippen LogP contribution in [-0.2, 0) is 21.6 Å². The zero-order valence-corrected chi connectivity index (χ0v) is 28.6. The molecule has 0 rings (SSSR count). The van der Waals surface area contributed by atoms with Crippen LogP contribution in [0.4, 0.5) is 4.79 Å². The van der Waals surface area contributed by atoms with E-state index < -0.39 is 21.6 Å². The largest absolute Gasteiger partial charge is 0.386 e. The van der Waals surface area contributed by atoms with Crippen LogP contribution >= 0.6 is 94.1 Å². The Bertz CT molecular complexity index is 632. The lowest BCUT2D eigenvalue weighted by atomic mass is 10.8. The van der Waals surface area contributed by atoms with Crippen LogP contribution in [-0.4, -0.2) is 122 Å². The summed E-state index contributed by atoms with van der Waals surface area (Å²) in [4.78, 5) is 20.2. The molecule has 0 aromatic rings. The summed E-state index contributed by atoms with van der Waals surface area (Å²) in [5.41, 5.74) is 3.09. The molecule has 0 saturated heterocycles. The van der Waals surface area contributed by atoms with Crippen LogP contribution in [0.15, 0.2) is 9.98 Å². The van der Waals surface area contributed by atoms with Gasteiger partial charge in [-0.25, -0.2) is 0 Å². The third-order valence-electron chi connectivity index (χ3n) is 3.37. The summed E-state index contributed by atoms with van der Waals surface area (Å²) < 4.78 is 23.4.